The molecule has 0 bridgehead atoms. The third-order valence-corrected chi connectivity index (χ3v) is 4.03. The van der Waals surface area contributed by atoms with Gasteiger partial charge in [-0.3, -0.25) is 0 Å². The van der Waals surface area contributed by atoms with E-state index in [1.807, 2.05) is 0 Å². The van der Waals surface area contributed by atoms with Crippen LogP contribution in [-0.2, 0) is 6.42 Å². The Hall–Kier alpha value is -1.30. The Kier molecular flexibility index (Phi) is 4.46. The minimum Gasteiger partial charge on any atom is -0.494 e. The molecule has 6 heteroatoms. The number of methoxy groups -OCH3 is 1. The fraction of sp³-hybridized carbons (Fsp3) is 0.600. The van der Waals surface area contributed by atoms with Gasteiger partial charge in [0, 0.05) is 6.42 Å². The Morgan fingerprint density at radius 1 is 1.38 bits per heavy atom. The van der Waals surface area contributed by atoms with Crippen LogP contribution in [-0.4, -0.2) is 24.0 Å². The lowest BCUT2D eigenvalue weighted by Gasteiger charge is -2.37. The average molecular weight is 306 g/mol. The zero-order valence-corrected chi connectivity index (χ0v) is 11.7. The summed E-state index contributed by atoms with van der Waals surface area (Å²) in [5.74, 6) is -2.00. The number of hydrogen-bond donors (Lipinski definition) is 1. The summed E-state index contributed by atoms with van der Waals surface area (Å²) in [6.07, 6.45) is -3.94. The second-order valence-corrected chi connectivity index (χ2v) is 5.70. The van der Waals surface area contributed by atoms with Crippen LogP contribution >= 0.6 is 0 Å². The lowest BCUT2D eigenvalue weighted by molar-refractivity contribution is -0.200. The van der Waals surface area contributed by atoms with Crippen molar-refractivity contribution in [1.82, 2.24) is 0 Å². The van der Waals surface area contributed by atoms with Crippen LogP contribution in [0, 0.1) is 11.7 Å². The maximum absolute atomic E-state index is 13.6. The highest BCUT2D eigenvalue weighted by Crippen LogP contribution is 2.43. The summed E-state index contributed by atoms with van der Waals surface area (Å²) in [5.41, 5.74) is -0.960. The summed E-state index contributed by atoms with van der Waals surface area (Å²) in [5, 5.41) is 10.4. The Labute approximate surface area is 120 Å². The summed E-state index contributed by atoms with van der Waals surface area (Å²) < 4.78 is 56.8. The van der Waals surface area contributed by atoms with Crippen LogP contribution in [0.4, 0.5) is 17.6 Å². The molecular formula is C15H18F4O2. The molecule has 1 aliphatic carbocycles. The van der Waals surface area contributed by atoms with E-state index in [-0.39, 0.29) is 25.0 Å². The van der Waals surface area contributed by atoms with Crippen molar-refractivity contribution in [2.45, 2.75) is 43.9 Å². The molecule has 0 radical (unpaired) electrons. The molecule has 0 amide bonds. The predicted octanol–water partition coefficient (Wildman–Crippen LogP) is 3.86. The quantitative estimate of drug-likeness (QED) is 0.859. The van der Waals surface area contributed by atoms with Gasteiger partial charge in [0.2, 0.25) is 0 Å². The van der Waals surface area contributed by atoms with Gasteiger partial charge in [-0.05, 0) is 43.4 Å². The third kappa shape index (κ3) is 3.87. The second kappa shape index (κ2) is 5.83. The Morgan fingerprint density at radius 3 is 2.67 bits per heavy atom. The van der Waals surface area contributed by atoms with Gasteiger partial charge in [-0.25, -0.2) is 4.39 Å². The van der Waals surface area contributed by atoms with Gasteiger partial charge in [-0.2, -0.15) is 13.2 Å². The number of halogens is 4. The summed E-state index contributed by atoms with van der Waals surface area (Å²) in [6.45, 7) is 0. The van der Waals surface area contributed by atoms with Gasteiger partial charge in [0.05, 0.1) is 18.6 Å². The molecule has 1 aromatic rings. The molecule has 0 saturated heterocycles. The van der Waals surface area contributed by atoms with Gasteiger partial charge in [-0.1, -0.05) is 6.07 Å². The molecule has 2 atom stereocenters. The van der Waals surface area contributed by atoms with Crippen molar-refractivity contribution in [3.05, 3.63) is 29.6 Å². The van der Waals surface area contributed by atoms with Gasteiger partial charge >= 0.3 is 6.18 Å². The molecule has 1 aliphatic rings. The minimum absolute atomic E-state index is 0.0144. The van der Waals surface area contributed by atoms with Crippen LogP contribution < -0.4 is 4.74 Å². The highest BCUT2D eigenvalue weighted by molar-refractivity contribution is 5.30. The molecule has 0 heterocycles. The van der Waals surface area contributed by atoms with E-state index in [1.54, 1.807) is 6.07 Å². The molecule has 118 valence electrons. The van der Waals surface area contributed by atoms with Crippen LogP contribution in [0.2, 0.25) is 0 Å². The van der Waals surface area contributed by atoms with Crippen molar-refractivity contribution in [3.8, 4) is 5.75 Å². The highest BCUT2D eigenvalue weighted by atomic mass is 19.4. The van der Waals surface area contributed by atoms with Crippen molar-refractivity contribution in [3.63, 3.8) is 0 Å². The lowest BCUT2D eigenvalue weighted by Crippen LogP contribution is -2.41. The number of aliphatic hydroxyl groups is 1. The maximum atomic E-state index is 13.6. The molecule has 1 fully saturated rings. The summed E-state index contributed by atoms with van der Waals surface area (Å²) in [7, 11) is 1.33. The standard InChI is InChI=1S/C15H18F4O2/c1-21-13-5-4-10(7-12(13)16)8-14(20)6-2-3-11(9-14)15(17,18)19/h4-5,7,11,20H,2-3,6,8-9H2,1H3. The first-order valence-corrected chi connectivity index (χ1v) is 6.85. The van der Waals surface area contributed by atoms with Crippen LogP contribution in [0.15, 0.2) is 18.2 Å². The first kappa shape index (κ1) is 16.1. The van der Waals surface area contributed by atoms with E-state index >= 15 is 0 Å². The summed E-state index contributed by atoms with van der Waals surface area (Å²) in [4.78, 5) is 0. The number of ether oxygens (including phenoxy) is 1. The molecule has 0 spiro atoms. The molecule has 2 rings (SSSR count). The zero-order valence-electron chi connectivity index (χ0n) is 11.7. The average Bonchev–Trinajstić information content (AvgIpc) is 2.37. The topological polar surface area (TPSA) is 29.5 Å². The largest absolute Gasteiger partial charge is 0.494 e. The van der Waals surface area contributed by atoms with Gasteiger partial charge in [-0.15, -0.1) is 0 Å². The van der Waals surface area contributed by atoms with E-state index in [0.29, 0.717) is 18.4 Å². The van der Waals surface area contributed by atoms with Gasteiger partial charge in [0.15, 0.2) is 11.6 Å². The zero-order chi connectivity index (χ0) is 15.7. The smallest absolute Gasteiger partial charge is 0.391 e. The first-order chi connectivity index (χ1) is 9.73. The van der Waals surface area contributed by atoms with Gasteiger partial charge in [0.25, 0.3) is 0 Å². The molecule has 1 saturated carbocycles. The van der Waals surface area contributed by atoms with E-state index in [0.717, 1.165) is 0 Å². The molecule has 21 heavy (non-hydrogen) atoms. The second-order valence-electron chi connectivity index (χ2n) is 5.70. The highest BCUT2D eigenvalue weighted by Gasteiger charge is 2.46. The Balaban J connectivity index is 2.12. The first-order valence-electron chi connectivity index (χ1n) is 6.85. The van der Waals surface area contributed by atoms with Crippen LogP contribution in [0.25, 0.3) is 0 Å². The number of alkyl halides is 3. The van der Waals surface area contributed by atoms with Crippen LogP contribution in [0.1, 0.15) is 31.2 Å². The van der Waals surface area contributed by atoms with Gasteiger partial charge in [0.1, 0.15) is 0 Å². The number of hydrogen-bond acceptors (Lipinski definition) is 2. The van der Waals surface area contributed by atoms with Crippen molar-refractivity contribution >= 4 is 0 Å². The van der Waals surface area contributed by atoms with Crippen LogP contribution in [0.5, 0.6) is 5.75 Å². The summed E-state index contributed by atoms with van der Waals surface area (Å²) in [6, 6.07) is 4.18. The fourth-order valence-corrected chi connectivity index (χ4v) is 2.98. The van der Waals surface area contributed by atoms with E-state index < -0.39 is 23.5 Å². The van der Waals surface area contributed by atoms with Crippen LogP contribution in [0.3, 0.4) is 0 Å². The SMILES string of the molecule is COc1ccc(CC2(O)CCCC(C(F)(F)F)C2)cc1F. The monoisotopic (exact) mass is 306 g/mol. The number of benzene rings is 1. The van der Waals surface area contributed by atoms with E-state index in [4.69, 9.17) is 4.74 Å². The molecule has 2 nitrogen and oxygen atoms in total. The molecule has 1 aromatic carbocycles. The maximum Gasteiger partial charge on any atom is 0.391 e. The molecular weight excluding hydrogens is 288 g/mol. The lowest BCUT2D eigenvalue weighted by atomic mass is 9.75. The number of rotatable bonds is 3. The van der Waals surface area contributed by atoms with E-state index in [2.05, 4.69) is 0 Å². The molecule has 0 aromatic heterocycles. The molecule has 2 unspecified atom stereocenters. The minimum atomic E-state index is -4.29. The Bertz CT molecular complexity index is 501. The fourth-order valence-electron chi connectivity index (χ4n) is 2.98. The normalized spacial score (nSPS) is 26.7. The van der Waals surface area contributed by atoms with Crippen molar-refractivity contribution in [2.75, 3.05) is 7.11 Å². The molecule has 1 N–H and O–H groups in total. The van der Waals surface area contributed by atoms with Crippen molar-refractivity contribution in [2.24, 2.45) is 5.92 Å². The van der Waals surface area contributed by atoms with Crippen molar-refractivity contribution in [1.29, 1.82) is 0 Å². The van der Waals surface area contributed by atoms with E-state index in [9.17, 15) is 22.7 Å². The van der Waals surface area contributed by atoms with Gasteiger partial charge < -0.3 is 9.84 Å². The third-order valence-electron chi connectivity index (χ3n) is 4.03. The van der Waals surface area contributed by atoms with E-state index in [1.165, 1.54) is 19.2 Å². The van der Waals surface area contributed by atoms with Crippen molar-refractivity contribution < 1.29 is 27.4 Å². The predicted molar refractivity (Wildman–Crippen MR) is 69.6 cm³/mol. The molecule has 0 aliphatic heterocycles. The summed E-state index contributed by atoms with van der Waals surface area (Å²) >= 11 is 0. The Morgan fingerprint density at radius 2 is 2.10 bits per heavy atom.